The van der Waals surface area contributed by atoms with Gasteiger partial charge in [0.15, 0.2) is 5.84 Å². The summed E-state index contributed by atoms with van der Waals surface area (Å²) in [6.45, 7) is 1.58. The van der Waals surface area contributed by atoms with Crippen LogP contribution < -0.4 is 0 Å². The Morgan fingerprint density at radius 2 is 2.09 bits per heavy atom. The molecule has 1 fully saturated rings. The molecular formula is C7H13N3O. The van der Waals surface area contributed by atoms with Crippen molar-refractivity contribution in [3.8, 4) is 0 Å². The average molecular weight is 155 g/mol. The van der Waals surface area contributed by atoms with E-state index in [0.717, 1.165) is 12.4 Å². The van der Waals surface area contributed by atoms with E-state index in [9.17, 15) is 0 Å². The quantitative estimate of drug-likeness (QED) is 0.494. The normalized spacial score (nSPS) is 25.9. The van der Waals surface area contributed by atoms with Crippen molar-refractivity contribution in [3.63, 3.8) is 0 Å². The van der Waals surface area contributed by atoms with Gasteiger partial charge in [-0.1, -0.05) is 0 Å². The number of nitrogens with zero attached hydrogens (tertiary/aromatic N) is 3. The lowest BCUT2D eigenvalue weighted by Gasteiger charge is -2.26. The first-order chi connectivity index (χ1) is 5.29. The molecule has 1 saturated heterocycles. The van der Waals surface area contributed by atoms with Gasteiger partial charge >= 0.3 is 0 Å². The van der Waals surface area contributed by atoms with Gasteiger partial charge < -0.3 is 9.64 Å². The highest BCUT2D eigenvalue weighted by Gasteiger charge is 2.19. The smallest absolute Gasteiger partial charge is 0.252 e. The molecular weight excluding hydrogens is 142 g/mol. The maximum absolute atomic E-state index is 5.28. The third-order valence-electron chi connectivity index (χ3n) is 1.63. The number of amidine groups is 1. The van der Waals surface area contributed by atoms with Crippen LogP contribution in [0.15, 0.2) is 9.98 Å². The molecule has 4 nitrogen and oxygen atoms in total. The molecule has 0 saturated carbocycles. The van der Waals surface area contributed by atoms with Gasteiger partial charge in [0.05, 0.1) is 6.54 Å². The fraction of sp³-hybridized carbons (Fsp3) is 0.714. The molecule has 4 heteroatoms. The molecule has 0 aromatic heterocycles. The second-order valence-electron chi connectivity index (χ2n) is 2.35. The van der Waals surface area contributed by atoms with Crippen LogP contribution in [0.3, 0.4) is 0 Å². The second kappa shape index (κ2) is 3.37. The molecule has 0 radical (unpaired) electrons. The number of ether oxygens (including phenoxy) is 1. The van der Waals surface area contributed by atoms with Gasteiger partial charge in [-0.2, -0.15) is 0 Å². The molecule has 1 aliphatic heterocycles. The number of hydrogen-bond acceptors (Lipinski definition) is 3. The molecule has 0 amide bonds. The lowest BCUT2D eigenvalue weighted by Crippen LogP contribution is -2.42. The Hall–Kier alpha value is -1.06. The van der Waals surface area contributed by atoms with Crippen molar-refractivity contribution in [3.05, 3.63) is 0 Å². The number of morpholine rings is 1. The fourth-order valence-electron chi connectivity index (χ4n) is 1.04. The first-order valence-corrected chi connectivity index (χ1v) is 3.57. The summed E-state index contributed by atoms with van der Waals surface area (Å²) in [5.74, 6) is 1.47. The first-order valence-electron chi connectivity index (χ1n) is 3.57. The van der Waals surface area contributed by atoms with Crippen LogP contribution in [0.25, 0.3) is 0 Å². The molecule has 0 atom stereocenters. The highest BCUT2D eigenvalue weighted by Crippen LogP contribution is 2.00. The van der Waals surface area contributed by atoms with E-state index in [-0.39, 0.29) is 0 Å². The molecule has 0 unspecified atom stereocenters. The highest BCUT2D eigenvalue weighted by atomic mass is 16.5. The summed E-state index contributed by atoms with van der Waals surface area (Å²) < 4.78 is 5.28. The SMILES string of the molecule is CN=C1OCCN(C)C1=NC. The molecule has 0 bridgehead atoms. The zero-order valence-electron chi connectivity index (χ0n) is 7.16. The van der Waals surface area contributed by atoms with E-state index >= 15 is 0 Å². The Balaban J connectivity index is 2.81. The minimum atomic E-state index is 0.640. The molecule has 1 rings (SSSR count). The van der Waals surface area contributed by atoms with E-state index in [1.807, 2.05) is 11.9 Å². The van der Waals surface area contributed by atoms with Crippen LogP contribution in [0.1, 0.15) is 0 Å². The van der Waals surface area contributed by atoms with E-state index in [1.165, 1.54) is 0 Å². The summed E-state index contributed by atoms with van der Waals surface area (Å²) in [6.07, 6.45) is 0. The van der Waals surface area contributed by atoms with E-state index in [1.54, 1.807) is 14.1 Å². The van der Waals surface area contributed by atoms with E-state index in [0.29, 0.717) is 12.5 Å². The zero-order chi connectivity index (χ0) is 8.27. The van der Waals surface area contributed by atoms with Crippen molar-refractivity contribution >= 4 is 11.7 Å². The maximum Gasteiger partial charge on any atom is 0.252 e. The number of aliphatic imine (C=N–C) groups is 2. The van der Waals surface area contributed by atoms with E-state index in [2.05, 4.69) is 9.98 Å². The van der Waals surface area contributed by atoms with Gasteiger partial charge in [0.25, 0.3) is 5.90 Å². The summed E-state index contributed by atoms with van der Waals surface area (Å²) in [5, 5.41) is 0. The van der Waals surface area contributed by atoms with Gasteiger partial charge in [-0.3, -0.25) is 9.98 Å². The van der Waals surface area contributed by atoms with Crippen molar-refractivity contribution in [1.82, 2.24) is 4.90 Å². The second-order valence-corrected chi connectivity index (χ2v) is 2.35. The Bertz CT molecular complexity index is 198. The Kier molecular flexibility index (Phi) is 2.46. The molecule has 62 valence electrons. The molecule has 0 aromatic carbocycles. The third-order valence-corrected chi connectivity index (χ3v) is 1.63. The van der Waals surface area contributed by atoms with Crippen LogP contribution in [0.5, 0.6) is 0 Å². The van der Waals surface area contributed by atoms with E-state index < -0.39 is 0 Å². The first kappa shape index (κ1) is 8.04. The van der Waals surface area contributed by atoms with Crippen LogP contribution in [-0.2, 0) is 4.74 Å². The fourth-order valence-corrected chi connectivity index (χ4v) is 1.04. The minimum absolute atomic E-state index is 0.640. The topological polar surface area (TPSA) is 37.2 Å². The Labute approximate surface area is 66.6 Å². The zero-order valence-corrected chi connectivity index (χ0v) is 7.16. The summed E-state index contributed by atoms with van der Waals surface area (Å²) >= 11 is 0. The lowest BCUT2D eigenvalue weighted by molar-refractivity contribution is 0.252. The van der Waals surface area contributed by atoms with Gasteiger partial charge in [0.2, 0.25) is 0 Å². The summed E-state index contributed by atoms with van der Waals surface area (Å²) in [6, 6.07) is 0. The van der Waals surface area contributed by atoms with Gasteiger partial charge in [-0.05, 0) is 0 Å². The van der Waals surface area contributed by atoms with Crippen LogP contribution in [0, 0.1) is 0 Å². The molecule has 11 heavy (non-hydrogen) atoms. The van der Waals surface area contributed by atoms with Crippen molar-refractivity contribution in [2.45, 2.75) is 0 Å². The molecule has 0 spiro atoms. The average Bonchev–Trinajstić information content (AvgIpc) is 2.04. The van der Waals surface area contributed by atoms with Crippen LogP contribution in [0.4, 0.5) is 0 Å². The van der Waals surface area contributed by atoms with Crippen LogP contribution >= 0.6 is 0 Å². The van der Waals surface area contributed by atoms with Crippen molar-refractivity contribution in [2.24, 2.45) is 9.98 Å². The molecule has 0 aliphatic carbocycles. The Morgan fingerprint density at radius 1 is 1.36 bits per heavy atom. The largest absolute Gasteiger partial charge is 0.473 e. The Morgan fingerprint density at radius 3 is 2.55 bits per heavy atom. The number of hydrogen-bond donors (Lipinski definition) is 0. The number of likely N-dealkylation sites (N-methyl/N-ethyl adjacent to an activating group) is 1. The summed E-state index contributed by atoms with van der Waals surface area (Å²) in [4.78, 5) is 10.1. The third kappa shape index (κ3) is 1.50. The van der Waals surface area contributed by atoms with Crippen molar-refractivity contribution in [2.75, 3.05) is 34.3 Å². The highest BCUT2D eigenvalue weighted by molar-refractivity contribution is 6.38. The van der Waals surface area contributed by atoms with Crippen LogP contribution in [0.2, 0.25) is 0 Å². The van der Waals surface area contributed by atoms with Crippen molar-refractivity contribution in [1.29, 1.82) is 0 Å². The predicted octanol–water partition coefficient (Wildman–Crippen LogP) is 0.00500. The standard InChI is InChI=1S/C7H13N3O/c1-8-6-7(9-2)11-5-4-10(6)3/h4-5H2,1-3H3. The predicted molar refractivity (Wildman–Crippen MR) is 45.3 cm³/mol. The number of rotatable bonds is 0. The molecule has 1 aliphatic rings. The summed E-state index contributed by atoms with van der Waals surface area (Å²) in [7, 11) is 5.43. The maximum atomic E-state index is 5.28. The van der Waals surface area contributed by atoms with Crippen molar-refractivity contribution < 1.29 is 4.74 Å². The molecule has 0 aromatic rings. The molecule has 1 heterocycles. The molecule has 0 N–H and O–H groups in total. The van der Waals surface area contributed by atoms with Gasteiger partial charge in [-0.15, -0.1) is 0 Å². The van der Waals surface area contributed by atoms with Gasteiger partial charge in [0.1, 0.15) is 6.61 Å². The monoisotopic (exact) mass is 155 g/mol. The van der Waals surface area contributed by atoms with E-state index in [4.69, 9.17) is 4.74 Å². The van der Waals surface area contributed by atoms with Crippen LogP contribution in [-0.4, -0.2) is 50.9 Å². The lowest BCUT2D eigenvalue weighted by atomic mass is 10.4. The van der Waals surface area contributed by atoms with Gasteiger partial charge in [0, 0.05) is 21.1 Å². The van der Waals surface area contributed by atoms with Gasteiger partial charge in [-0.25, -0.2) is 0 Å². The summed E-state index contributed by atoms with van der Waals surface area (Å²) in [5.41, 5.74) is 0. The minimum Gasteiger partial charge on any atom is -0.473 e.